The fourth-order valence-electron chi connectivity index (χ4n) is 0.780. The molecule has 0 saturated carbocycles. The lowest BCUT2D eigenvalue weighted by Gasteiger charge is -1.97. The second-order valence-electron chi connectivity index (χ2n) is 1.94. The molecule has 0 aromatic rings. The van der Waals surface area contributed by atoms with Gasteiger partial charge in [-0.05, 0) is 6.42 Å². The lowest BCUT2D eigenvalue weighted by Crippen LogP contribution is -1.97. The van der Waals surface area contributed by atoms with Crippen LogP contribution in [0.3, 0.4) is 0 Å². The molecule has 1 heterocycles. The number of hydrogen-bond donors (Lipinski definition) is 0. The molecule has 8 heavy (non-hydrogen) atoms. The van der Waals surface area contributed by atoms with Crippen molar-refractivity contribution in [1.82, 2.24) is 0 Å². The van der Waals surface area contributed by atoms with Gasteiger partial charge in [0.05, 0.1) is 12.7 Å². The number of rotatable bonds is 1. The fourth-order valence-corrected chi connectivity index (χ4v) is 1.30. The van der Waals surface area contributed by atoms with E-state index in [-0.39, 0.29) is 0 Å². The Morgan fingerprint density at radius 3 is 2.75 bits per heavy atom. The van der Waals surface area contributed by atoms with E-state index >= 15 is 0 Å². The minimum Gasteiger partial charge on any atom is -0.373 e. The van der Waals surface area contributed by atoms with Gasteiger partial charge >= 0.3 is 0 Å². The molecule has 1 saturated heterocycles. The smallest absolute Gasteiger partial charge is 0.0765 e. The van der Waals surface area contributed by atoms with E-state index in [1.807, 2.05) is 6.08 Å². The molecule has 0 radical (unpaired) electrons. The van der Waals surface area contributed by atoms with Gasteiger partial charge in [-0.25, -0.2) is 0 Å². The second-order valence-corrected chi connectivity index (χ2v) is 3.24. The van der Waals surface area contributed by atoms with Gasteiger partial charge < -0.3 is 4.74 Å². The quantitative estimate of drug-likeness (QED) is 0.437. The van der Waals surface area contributed by atoms with Crippen LogP contribution in [-0.2, 0) is 4.74 Å². The highest BCUT2D eigenvalue weighted by Gasteiger charge is 2.19. The van der Waals surface area contributed by atoms with E-state index in [0.29, 0.717) is 10.9 Å². The molecule has 1 nitrogen and oxygen atoms in total. The van der Waals surface area contributed by atoms with E-state index in [9.17, 15) is 0 Å². The molecular weight excluding hydrogens is 168 g/mol. The average molecular weight is 177 g/mol. The van der Waals surface area contributed by atoms with Crippen LogP contribution < -0.4 is 0 Å². The fraction of sp³-hybridized carbons (Fsp3) is 0.667. The van der Waals surface area contributed by atoms with Crippen LogP contribution in [-0.4, -0.2) is 17.5 Å². The number of ether oxygens (including phenoxy) is 1. The van der Waals surface area contributed by atoms with E-state index < -0.39 is 0 Å². The number of alkyl halides is 1. The molecule has 0 bridgehead atoms. The van der Waals surface area contributed by atoms with Gasteiger partial charge in [-0.3, -0.25) is 0 Å². The van der Waals surface area contributed by atoms with Crippen molar-refractivity contribution < 1.29 is 4.74 Å². The van der Waals surface area contributed by atoms with Crippen molar-refractivity contribution in [2.75, 3.05) is 6.61 Å². The minimum absolute atomic E-state index is 0.291. The topological polar surface area (TPSA) is 9.23 Å². The molecule has 2 unspecified atom stereocenters. The summed E-state index contributed by atoms with van der Waals surface area (Å²) in [6.45, 7) is 4.46. The predicted octanol–water partition coefficient (Wildman–Crippen LogP) is 1.72. The molecule has 0 aromatic carbocycles. The zero-order chi connectivity index (χ0) is 5.98. The van der Waals surface area contributed by atoms with Gasteiger partial charge in [0.15, 0.2) is 0 Å². The summed E-state index contributed by atoms with van der Waals surface area (Å²) in [6.07, 6.45) is 3.21. The van der Waals surface area contributed by atoms with Crippen LogP contribution in [0.1, 0.15) is 6.42 Å². The van der Waals surface area contributed by atoms with Crippen molar-refractivity contribution in [2.45, 2.75) is 17.4 Å². The third-order valence-corrected chi connectivity index (χ3v) is 1.88. The number of halogens is 1. The lowest BCUT2D eigenvalue weighted by molar-refractivity contribution is 0.146. The highest BCUT2D eigenvalue weighted by Crippen LogP contribution is 2.19. The summed E-state index contributed by atoms with van der Waals surface area (Å²) in [5, 5.41) is 0. The molecule has 2 heteroatoms. The Bertz CT molecular complexity index is 92.5. The Labute approximate surface area is 57.8 Å². The van der Waals surface area contributed by atoms with E-state index in [0.717, 1.165) is 13.0 Å². The predicted molar refractivity (Wildman–Crippen MR) is 37.3 cm³/mol. The van der Waals surface area contributed by atoms with Crippen molar-refractivity contribution in [3.05, 3.63) is 12.7 Å². The van der Waals surface area contributed by atoms with Gasteiger partial charge in [-0.1, -0.05) is 22.0 Å². The summed E-state index contributed by atoms with van der Waals surface area (Å²) in [4.78, 5) is 0.547. The molecule has 0 spiro atoms. The van der Waals surface area contributed by atoms with Crippen molar-refractivity contribution in [3.8, 4) is 0 Å². The maximum Gasteiger partial charge on any atom is 0.0765 e. The van der Waals surface area contributed by atoms with E-state index in [1.165, 1.54) is 0 Å². The Kier molecular flexibility index (Phi) is 2.08. The van der Waals surface area contributed by atoms with Gasteiger partial charge in [0.1, 0.15) is 0 Å². The van der Waals surface area contributed by atoms with Crippen LogP contribution in [0, 0.1) is 0 Å². The summed E-state index contributed by atoms with van der Waals surface area (Å²) in [5.74, 6) is 0. The second kappa shape index (κ2) is 2.65. The molecule has 2 atom stereocenters. The highest BCUT2D eigenvalue weighted by molar-refractivity contribution is 9.09. The van der Waals surface area contributed by atoms with Crippen LogP contribution in [0.5, 0.6) is 0 Å². The van der Waals surface area contributed by atoms with E-state index in [1.54, 1.807) is 0 Å². The Hall–Kier alpha value is 0.180. The van der Waals surface area contributed by atoms with Crippen LogP contribution >= 0.6 is 15.9 Å². The largest absolute Gasteiger partial charge is 0.373 e. The first-order valence-electron chi connectivity index (χ1n) is 2.71. The maximum atomic E-state index is 5.25. The SMILES string of the molecule is C=CC1CC(Br)CO1. The summed E-state index contributed by atoms with van der Waals surface area (Å²) in [5.41, 5.74) is 0. The lowest BCUT2D eigenvalue weighted by atomic mass is 10.2. The first-order valence-corrected chi connectivity index (χ1v) is 3.62. The van der Waals surface area contributed by atoms with Crippen LogP contribution in [0.15, 0.2) is 12.7 Å². The van der Waals surface area contributed by atoms with Crippen molar-refractivity contribution >= 4 is 15.9 Å². The van der Waals surface area contributed by atoms with Crippen LogP contribution in [0.2, 0.25) is 0 Å². The van der Waals surface area contributed by atoms with Gasteiger partial charge in [-0.15, -0.1) is 6.58 Å². The third kappa shape index (κ3) is 1.33. The molecule has 1 aliphatic heterocycles. The molecule has 1 aliphatic rings. The van der Waals surface area contributed by atoms with Gasteiger partial charge in [0, 0.05) is 4.83 Å². The molecule has 1 rings (SSSR count). The first kappa shape index (κ1) is 6.30. The van der Waals surface area contributed by atoms with Crippen molar-refractivity contribution in [3.63, 3.8) is 0 Å². The van der Waals surface area contributed by atoms with Crippen molar-refractivity contribution in [2.24, 2.45) is 0 Å². The van der Waals surface area contributed by atoms with E-state index in [4.69, 9.17) is 4.74 Å². The molecular formula is C6H9BrO. The normalized spacial score (nSPS) is 37.6. The van der Waals surface area contributed by atoms with E-state index in [2.05, 4.69) is 22.5 Å². The zero-order valence-electron chi connectivity index (χ0n) is 4.64. The Morgan fingerprint density at radius 2 is 2.50 bits per heavy atom. The average Bonchev–Trinajstić information content (AvgIpc) is 2.14. The summed E-state index contributed by atoms with van der Waals surface area (Å²) in [6, 6.07) is 0. The maximum absolute atomic E-state index is 5.25. The third-order valence-electron chi connectivity index (χ3n) is 1.24. The van der Waals surface area contributed by atoms with Crippen LogP contribution in [0.25, 0.3) is 0 Å². The molecule has 1 fully saturated rings. The molecule has 0 aliphatic carbocycles. The highest BCUT2D eigenvalue weighted by atomic mass is 79.9. The zero-order valence-corrected chi connectivity index (χ0v) is 6.23. The number of hydrogen-bond acceptors (Lipinski definition) is 1. The summed E-state index contributed by atoms with van der Waals surface area (Å²) in [7, 11) is 0. The molecule has 0 aromatic heterocycles. The molecule has 0 amide bonds. The molecule has 46 valence electrons. The van der Waals surface area contributed by atoms with Crippen molar-refractivity contribution in [1.29, 1.82) is 0 Å². The monoisotopic (exact) mass is 176 g/mol. The minimum atomic E-state index is 0.291. The Morgan fingerprint density at radius 1 is 1.75 bits per heavy atom. The first-order chi connectivity index (χ1) is 3.83. The standard InChI is InChI=1S/C6H9BrO/c1-2-6-3-5(7)4-8-6/h2,5-6H,1,3-4H2. The Balaban J connectivity index is 2.32. The summed E-state index contributed by atoms with van der Waals surface area (Å²) >= 11 is 3.45. The molecule has 0 N–H and O–H groups in total. The van der Waals surface area contributed by atoms with Gasteiger partial charge in [0.2, 0.25) is 0 Å². The van der Waals surface area contributed by atoms with Gasteiger partial charge in [0.25, 0.3) is 0 Å². The van der Waals surface area contributed by atoms with Crippen LogP contribution in [0.4, 0.5) is 0 Å². The van der Waals surface area contributed by atoms with Gasteiger partial charge in [-0.2, -0.15) is 0 Å². The summed E-state index contributed by atoms with van der Waals surface area (Å²) < 4.78 is 5.25.